The summed E-state index contributed by atoms with van der Waals surface area (Å²) in [6.07, 6.45) is 0.774. The van der Waals surface area contributed by atoms with Crippen LogP contribution in [0.25, 0.3) is 0 Å². The Kier molecular flexibility index (Phi) is 6.31. The van der Waals surface area contributed by atoms with Crippen molar-refractivity contribution in [3.8, 4) is 11.5 Å². The molecule has 3 rings (SSSR count). The molecule has 0 saturated carbocycles. The highest BCUT2D eigenvalue weighted by molar-refractivity contribution is 7.09. The second-order valence-electron chi connectivity index (χ2n) is 6.45. The minimum atomic E-state index is 0.202. The summed E-state index contributed by atoms with van der Waals surface area (Å²) in [5, 5.41) is 21.7. The first-order valence-corrected chi connectivity index (χ1v) is 9.53. The summed E-state index contributed by atoms with van der Waals surface area (Å²) in [5.74, 6) is 0.944. The lowest BCUT2D eigenvalue weighted by Gasteiger charge is -2.41. The van der Waals surface area contributed by atoms with E-state index in [0.29, 0.717) is 18.3 Å². The molecule has 25 heavy (non-hydrogen) atoms. The molecule has 0 spiro atoms. The molecule has 0 amide bonds. The zero-order valence-electron chi connectivity index (χ0n) is 14.6. The molecule has 2 heterocycles. The molecule has 1 unspecified atom stereocenters. The Bertz CT molecular complexity index is 663. The van der Waals surface area contributed by atoms with Crippen molar-refractivity contribution in [2.75, 3.05) is 33.4 Å². The molecule has 1 saturated heterocycles. The topological polar surface area (TPSA) is 56.2 Å². The first-order chi connectivity index (χ1) is 12.2. The van der Waals surface area contributed by atoms with E-state index >= 15 is 0 Å². The van der Waals surface area contributed by atoms with E-state index in [1.165, 1.54) is 4.88 Å². The average Bonchev–Trinajstić information content (AvgIpc) is 3.12. The number of rotatable bonds is 7. The maximum Gasteiger partial charge on any atom is 0.123 e. The van der Waals surface area contributed by atoms with Crippen LogP contribution in [0.1, 0.15) is 16.9 Å². The van der Waals surface area contributed by atoms with Crippen LogP contribution in [0.5, 0.6) is 11.5 Å². The minimum Gasteiger partial charge on any atom is -0.507 e. The number of nitrogens with zero attached hydrogens (tertiary/aromatic N) is 2. The fourth-order valence-electron chi connectivity index (χ4n) is 3.38. The Morgan fingerprint density at radius 3 is 2.80 bits per heavy atom. The number of methoxy groups -OCH3 is 1. The van der Waals surface area contributed by atoms with Gasteiger partial charge in [0.2, 0.25) is 0 Å². The lowest BCUT2D eigenvalue weighted by Crippen LogP contribution is -2.52. The van der Waals surface area contributed by atoms with E-state index in [0.717, 1.165) is 38.2 Å². The number of ether oxygens (including phenoxy) is 1. The number of phenolic OH excluding ortho intramolecular Hbond substituents is 1. The normalized spacial score (nSPS) is 19.2. The third-order valence-electron chi connectivity index (χ3n) is 4.78. The van der Waals surface area contributed by atoms with Gasteiger partial charge in [0, 0.05) is 61.9 Å². The molecule has 6 heteroatoms. The molecule has 1 fully saturated rings. The largest absolute Gasteiger partial charge is 0.507 e. The molecular formula is C19H26N2O3S. The fraction of sp³-hybridized carbons (Fsp3) is 0.474. The number of aliphatic hydroxyl groups is 1. The van der Waals surface area contributed by atoms with Gasteiger partial charge in [-0.1, -0.05) is 12.1 Å². The van der Waals surface area contributed by atoms with Crippen LogP contribution in [0.3, 0.4) is 0 Å². The van der Waals surface area contributed by atoms with Crippen LogP contribution in [-0.2, 0) is 13.1 Å². The Labute approximate surface area is 153 Å². The third-order valence-corrected chi connectivity index (χ3v) is 5.64. The van der Waals surface area contributed by atoms with Crippen LogP contribution in [0.15, 0.2) is 35.7 Å². The maximum absolute atomic E-state index is 10.2. The Hall–Kier alpha value is -1.60. The summed E-state index contributed by atoms with van der Waals surface area (Å²) in [6, 6.07) is 10.1. The number of aliphatic hydroxyl groups excluding tert-OH is 1. The van der Waals surface area contributed by atoms with E-state index in [-0.39, 0.29) is 12.4 Å². The number of aromatic hydroxyl groups is 1. The van der Waals surface area contributed by atoms with Crippen molar-refractivity contribution in [3.63, 3.8) is 0 Å². The van der Waals surface area contributed by atoms with Crippen molar-refractivity contribution >= 4 is 11.3 Å². The van der Waals surface area contributed by atoms with Gasteiger partial charge in [0.25, 0.3) is 0 Å². The van der Waals surface area contributed by atoms with Crippen LogP contribution in [0.4, 0.5) is 0 Å². The van der Waals surface area contributed by atoms with Gasteiger partial charge >= 0.3 is 0 Å². The first-order valence-electron chi connectivity index (χ1n) is 8.65. The van der Waals surface area contributed by atoms with Gasteiger partial charge in [0.1, 0.15) is 11.5 Å². The minimum absolute atomic E-state index is 0.202. The van der Waals surface area contributed by atoms with Crippen molar-refractivity contribution < 1.29 is 14.9 Å². The smallest absolute Gasteiger partial charge is 0.123 e. The van der Waals surface area contributed by atoms with Gasteiger partial charge in [-0.15, -0.1) is 11.3 Å². The SMILES string of the molecule is COc1ccc(CN2CCN(Cc3cccs3)C(CCO)C2)c(O)c1. The number of piperazine rings is 1. The fourth-order valence-corrected chi connectivity index (χ4v) is 4.11. The van der Waals surface area contributed by atoms with Crippen molar-refractivity contribution in [1.29, 1.82) is 0 Å². The average molecular weight is 362 g/mol. The lowest BCUT2D eigenvalue weighted by molar-refractivity contribution is 0.0503. The molecule has 136 valence electrons. The summed E-state index contributed by atoms with van der Waals surface area (Å²) >= 11 is 1.78. The highest BCUT2D eigenvalue weighted by atomic mass is 32.1. The molecule has 1 aromatic carbocycles. The maximum atomic E-state index is 10.2. The number of thiophene rings is 1. The lowest BCUT2D eigenvalue weighted by atomic mass is 10.1. The van der Waals surface area contributed by atoms with Gasteiger partial charge in [-0.2, -0.15) is 0 Å². The molecule has 0 bridgehead atoms. The van der Waals surface area contributed by atoms with E-state index in [9.17, 15) is 10.2 Å². The number of hydrogen-bond acceptors (Lipinski definition) is 6. The summed E-state index contributed by atoms with van der Waals surface area (Å²) in [7, 11) is 1.60. The highest BCUT2D eigenvalue weighted by Gasteiger charge is 2.27. The number of hydrogen-bond donors (Lipinski definition) is 2. The van der Waals surface area contributed by atoms with Gasteiger partial charge in [0.15, 0.2) is 0 Å². The summed E-state index contributed by atoms with van der Waals surface area (Å²) in [5.41, 5.74) is 0.912. The molecule has 2 aromatic rings. The molecule has 1 aliphatic heterocycles. The predicted octanol–water partition coefficient (Wildman–Crippen LogP) is 2.53. The highest BCUT2D eigenvalue weighted by Crippen LogP contribution is 2.26. The number of phenols is 1. The molecule has 1 aromatic heterocycles. The summed E-state index contributed by atoms with van der Waals surface area (Å²) < 4.78 is 5.15. The van der Waals surface area contributed by atoms with Crippen molar-refractivity contribution in [2.24, 2.45) is 0 Å². The number of benzene rings is 1. The van der Waals surface area contributed by atoms with Gasteiger partial charge in [-0.05, 0) is 23.9 Å². The molecular weight excluding hydrogens is 336 g/mol. The van der Waals surface area contributed by atoms with Crippen molar-refractivity contribution in [3.05, 3.63) is 46.2 Å². The van der Waals surface area contributed by atoms with Crippen molar-refractivity contribution in [2.45, 2.75) is 25.6 Å². The van der Waals surface area contributed by atoms with Crippen molar-refractivity contribution in [1.82, 2.24) is 9.80 Å². The van der Waals surface area contributed by atoms with Crippen LogP contribution in [-0.4, -0.2) is 59.4 Å². The first kappa shape index (κ1) is 18.2. The van der Waals surface area contributed by atoms with Crippen LogP contribution in [0, 0.1) is 0 Å². The molecule has 1 aliphatic rings. The summed E-state index contributed by atoms with van der Waals surface area (Å²) in [6.45, 7) is 4.69. The van der Waals surface area contributed by atoms with Gasteiger partial charge in [-0.3, -0.25) is 9.80 Å². The van der Waals surface area contributed by atoms with Crippen LogP contribution in [0.2, 0.25) is 0 Å². The Morgan fingerprint density at radius 2 is 2.12 bits per heavy atom. The van der Waals surface area contributed by atoms with E-state index in [2.05, 4.69) is 27.3 Å². The second kappa shape index (κ2) is 8.67. The van der Waals surface area contributed by atoms with Crippen LogP contribution < -0.4 is 4.74 Å². The third kappa shape index (κ3) is 4.73. The monoisotopic (exact) mass is 362 g/mol. The van der Waals surface area contributed by atoms with Gasteiger partial charge in [-0.25, -0.2) is 0 Å². The Morgan fingerprint density at radius 1 is 1.24 bits per heavy atom. The van der Waals surface area contributed by atoms with Gasteiger partial charge < -0.3 is 14.9 Å². The molecule has 5 nitrogen and oxygen atoms in total. The van der Waals surface area contributed by atoms with Crippen LogP contribution >= 0.6 is 11.3 Å². The standard InChI is InChI=1S/C19H26N2O3S/c1-24-17-5-4-15(19(23)11-17)12-20-7-8-21(16(13-20)6-9-22)14-18-3-2-10-25-18/h2-5,10-11,16,22-23H,6-9,12-14H2,1H3. The van der Waals surface area contributed by atoms with E-state index < -0.39 is 0 Å². The predicted molar refractivity (Wildman–Crippen MR) is 100 cm³/mol. The zero-order chi connectivity index (χ0) is 17.6. The molecule has 1 atom stereocenters. The Balaban J connectivity index is 1.63. The molecule has 2 N–H and O–H groups in total. The van der Waals surface area contributed by atoms with E-state index in [1.54, 1.807) is 24.5 Å². The van der Waals surface area contributed by atoms with E-state index in [1.807, 2.05) is 12.1 Å². The second-order valence-corrected chi connectivity index (χ2v) is 7.48. The zero-order valence-corrected chi connectivity index (χ0v) is 15.4. The summed E-state index contributed by atoms with van der Waals surface area (Å²) in [4.78, 5) is 6.18. The quantitative estimate of drug-likeness (QED) is 0.793. The molecule has 0 aliphatic carbocycles. The van der Waals surface area contributed by atoms with Gasteiger partial charge in [0.05, 0.1) is 7.11 Å². The van der Waals surface area contributed by atoms with E-state index in [4.69, 9.17) is 4.74 Å². The molecule has 0 radical (unpaired) electrons.